The van der Waals surface area contributed by atoms with Gasteiger partial charge in [-0.15, -0.1) is 0 Å². The van der Waals surface area contributed by atoms with E-state index in [0.717, 1.165) is 29.9 Å². The maximum absolute atomic E-state index is 4.74. The highest BCUT2D eigenvalue weighted by atomic mass is 15.2. The average molecular weight is 259 g/mol. The lowest BCUT2D eigenvalue weighted by Crippen LogP contribution is -2.29. The molecule has 0 bridgehead atoms. The van der Waals surface area contributed by atoms with Crippen LogP contribution in [0.1, 0.15) is 51.0 Å². The van der Waals surface area contributed by atoms with Crippen LogP contribution in [0.2, 0.25) is 0 Å². The first-order chi connectivity index (χ1) is 9.15. The molecule has 2 rings (SSSR count). The first-order valence-electron chi connectivity index (χ1n) is 7.36. The summed E-state index contributed by atoms with van der Waals surface area (Å²) in [7, 11) is 0. The van der Waals surface area contributed by atoms with E-state index in [4.69, 9.17) is 4.98 Å². The van der Waals surface area contributed by atoms with Crippen molar-refractivity contribution < 1.29 is 0 Å². The number of hydrogen-bond donors (Lipinski definition) is 1. The molecular weight excluding hydrogens is 234 g/mol. The van der Waals surface area contributed by atoms with E-state index in [2.05, 4.69) is 55.8 Å². The number of rotatable bonds is 6. The molecule has 1 heterocycles. The third-order valence-electron chi connectivity index (χ3n) is 3.62. The van der Waals surface area contributed by atoms with Gasteiger partial charge in [0.2, 0.25) is 0 Å². The fourth-order valence-electron chi connectivity index (χ4n) is 2.59. The van der Waals surface area contributed by atoms with Crippen molar-refractivity contribution in [2.75, 3.05) is 13.1 Å². The molecule has 1 aromatic heterocycles. The van der Waals surface area contributed by atoms with Gasteiger partial charge in [0.05, 0.1) is 17.1 Å². The SMILES string of the molecule is CCCN(CCC)C(C)c1nc2ccc(C)cc2[nH]1. The van der Waals surface area contributed by atoms with Crippen LogP contribution in [0.3, 0.4) is 0 Å². The lowest BCUT2D eigenvalue weighted by molar-refractivity contribution is 0.205. The number of benzene rings is 1. The summed E-state index contributed by atoms with van der Waals surface area (Å²) < 4.78 is 0. The third kappa shape index (κ3) is 3.16. The molecule has 0 fully saturated rings. The van der Waals surface area contributed by atoms with Crippen LogP contribution in [0.25, 0.3) is 11.0 Å². The van der Waals surface area contributed by atoms with Gasteiger partial charge in [-0.05, 0) is 57.5 Å². The monoisotopic (exact) mass is 259 g/mol. The molecule has 1 unspecified atom stereocenters. The molecule has 0 aliphatic rings. The highest BCUT2D eigenvalue weighted by Crippen LogP contribution is 2.22. The predicted molar refractivity (Wildman–Crippen MR) is 81.4 cm³/mol. The van der Waals surface area contributed by atoms with Gasteiger partial charge in [0.25, 0.3) is 0 Å². The second kappa shape index (κ2) is 6.20. The van der Waals surface area contributed by atoms with Gasteiger partial charge in [-0.25, -0.2) is 4.98 Å². The molecule has 0 amide bonds. The van der Waals surface area contributed by atoms with Crippen LogP contribution < -0.4 is 0 Å². The molecule has 1 atom stereocenters. The van der Waals surface area contributed by atoms with Crippen LogP contribution in [-0.4, -0.2) is 28.0 Å². The van der Waals surface area contributed by atoms with Gasteiger partial charge in [0, 0.05) is 0 Å². The standard InChI is InChI=1S/C16H25N3/c1-5-9-19(10-6-2)13(4)16-17-14-8-7-12(3)11-15(14)18-16/h7-8,11,13H,5-6,9-10H2,1-4H3,(H,17,18). The van der Waals surface area contributed by atoms with E-state index in [-0.39, 0.29) is 0 Å². The minimum Gasteiger partial charge on any atom is -0.341 e. The molecule has 3 nitrogen and oxygen atoms in total. The number of fused-ring (bicyclic) bond motifs is 1. The Bertz CT molecular complexity index is 524. The fraction of sp³-hybridized carbons (Fsp3) is 0.562. The highest BCUT2D eigenvalue weighted by Gasteiger charge is 2.17. The van der Waals surface area contributed by atoms with Crippen molar-refractivity contribution in [1.29, 1.82) is 0 Å². The average Bonchev–Trinajstić information content (AvgIpc) is 2.80. The Morgan fingerprint density at radius 1 is 1.21 bits per heavy atom. The normalized spacial score (nSPS) is 13.3. The van der Waals surface area contributed by atoms with Crippen molar-refractivity contribution >= 4 is 11.0 Å². The van der Waals surface area contributed by atoms with Crippen LogP contribution in [0.5, 0.6) is 0 Å². The molecule has 2 aromatic rings. The van der Waals surface area contributed by atoms with E-state index in [1.165, 1.54) is 18.4 Å². The predicted octanol–water partition coefficient (Wildman–Crippen LogP) is 4.05. The zero-order chi connectivity index (χ0) is 13.8. The second-order valence-electron chi connectivity index (χ2n) is 5.35. The maximum atomic E-state index is 4.74. The van der Waals surface area contributed by atoms with Crippen LogP contribution in [-0.2, 0) is 0 Å². The number of hydrogen-bond acceptors (Lipinski definition) is 2. The third-order valence-corrected chi connectivity index (χ3v) is 3.62. The van der Waals surface area contributed by atoms with E-state index in [1.807, 2.05) is 0 Å². The topological polar surface area (TPSA) is 31.9 Å². The van der Waals surface area contributed by atoms with Gasteiger partial charge in [-0.3, -0.25) is 4.90 Å². The molecule has 0 saturated carbocycles. The van der Waals surface area contributed by atoms with E-state index >= 15 is 0 Å². The summed E-state index contributed by atoms with van der Waals surface area (Å²) in [6.07, 6.45) is 2.37. The summed E-state index contributed by atoms with van der Waals surface area (Å²) in [5.74, 6) is 1.09. The minimum absolute atomic E-state index is 0.354. The van der Waals surface area contributed by atoms with Crippen molar-refractivity contribution in [3.8, 4) is 0 Å². The molecular formula is C16H25N3. The van der Waals surface area contributed by atoms with Crippen molar-refractivity contribution in [3.63, 3.8) is 0 Å². The minimum atomic E-state index is 0.354. The Morgan fingerprint density at radius 2 is 1.89 bits per heavy atom. The van der Waals surface area contributed by atoms with Crippen LogP contribution >= 0.6 is 0 Å². The smallest absolute Gasteiger partial charge is 0.124 e. The van der Waals surface area contributed by atoms with Crippen molar-refractivity contribution in [1.82, 2.24) is 14.9 Å². The number of nitrogens with one attached hydrogen (secondary N) is 1. The Balaban J connectivity index is 2.26. The number of imidazole rings is 1. The van der Waals surface area contributed by atoms with Crippen LogP contribution in [0.15, 0.2) is 18.2 Å². The molecule has 3 heteroatoms. The van der Waals surface area contributed by atoms with Crippen LogP contribution in [0, 0.1) is 6.92 Å². The molecule has 0 spiro atoms. The molecule has 0 saturated heterocycles. The number of H-pyrrole nitrogens is 1. The number of nitrogens with zero attached hydrogens (tertiary/aromatic N) is 2. The van der Waals surface area contributed by atoms with E-state index in [9.17, 15) is 0 Å². The fourth-order valence-corrected chi connectivity index (χ4v) is 2.59. The van der Waals surface area contributed by atoms with Crippen LogP contribution in [0.4, 0.5) is 0 Å². The van der Waals surface area contributed by atoms with Gasteiger partial charge in [-0.1, -0.05) is 19.9 Å². The molecule has 19 heavy (non-hydrogen) atoms. The molecule has 0 aliphatic heterocycles. The zero-order valence-corrected chi connectivity index (χ0v) is 12.5. The summed E-state index contributed by atoms with van der Waals surface area (Å²) in [6, 6.07) is 6.74. The number of aromatic nitrogens is 2. The largest absolute Gasteiger partial charge is 0.341 e. The summed E-state index contributed by atoms with van der Waals surface area (Å²) in [6.45, 7) is 11.1. The highest BCUT2D eigenvalue weighted by molar-refractivity contribution is 5.75. The Morgan fingerprint density at radius 3 is 2.53 bits per heavy atom. The van der Waals surface area contributed by atoms with Gasteiger partial charge in [-0.2, -0.15) is 0 Å². The summed E-state index contributed by atoms with van der Waals surface area (Å²) >= 11 is 0. The Hall–Kier alpha value is -1.35. The molecule has 104 valence electrons. The van der Waals surface area contributed by atoms with E-state index in [0.29, 0.717) is 6.04 Å². The first-order valence-corrected chi connectivity index (χ1v) is 7.36. The lowest BCUT2D eigenvalue weighted by atomic mass is 10.2. The van der Waals surface area contributed by atoms with Crippen molar-refractivity contribution in [3.05, 3.63) is 29.6 Å². The van der Waals surface area contributed by atoms with Crippen molar-refractivity contribution in [2.45, 2.75) is 46.6 Å². The molecule has 1 aromatic carbocycles. The summed E-state index contributed by atoms with van der Waals surface area (Å²) in [5.41, 5.74) is 3.49. The van der Waals surface area contributed by atoms with Gasteiger partial charge in [0.15, 0.2) is 0 Å². The summed E-state index contributed by atoms with van der Waals surface area (Å²) in [4.78, 5) is 10.7. The lowest BCUT2D eigenvalue weighted by Gasteiger charge is -2.26. The Kier molecular flexibility index (Phi) is 4.59. The van der Waals surface area contributed by atoms with E-state index < -0.39 is 0 Å². The molecule has 0 radical (unpaired) electrons. The second-order valence-corrected chi connectivity index (χ2v) is 5.35. The van der Waals surface area contributed by atoms with Crippen molar-refractivity contribution in [2.24, 2.45) is 0 Å². The number of aryl methyl sites for hydroxylation is 1. The van der Waals surface area contributed by atoms with Gasteiger partial charge >= 0.3 is 0 Å². The zero-order valence-electron chi connectivity index (χ0n) is 12.5. The first kappa shape index (κ1) is 14.1. The van der Waals surface area contributed by atoms with Gasteiger partial charge in [0.1, 0.15) is 5.82 Å². The molecule has 1 N–H and O–H groups in total. The van der Waals surface area contributed by atoms with E-state index in [1.54, 1.807) is 0 Å². The molecule has 0 aliphatic carbocycles. The number of aromatic amines is 1. The summed E-state index contributed by atoms with van der Waals surface area (Å²) in [5, 5.41) is 0. The maximum Gasteiger partial charge on any atom is 0.124 e. The Labute approximate surface area is 116 Å². The van der Waals surface area contributed by atoms with Gasteiger partial charge < -0.3 is 4.98 Å². The quantitative estimate of drug-likeness (QED) is 0.848.